The van der Waals surface area contributed by atoms with Crippen molar-refractivity contribution in [2.45, 2.75) is 38.6 Å². The number of piperazine rings is 1. The van der Waals surface area contributed by atoms with E-state index in [0.717, 1.165) is 74.8 Å². The average molecular weight is 567 g/mol. The monoisotopic (exact) mass is 566 g/mol. The molecular weight excluding hydrogens is 526 g/mol. The minimum absolute atomic E-state index is 0.0137. The van der Waals surface area contributed by atoms with Gasteiger partial charge < -0.3 is 24.6 Å². The standard InChI is InChI=1S/C31H40F2N6O2/c1-21-17-28(41-4)30(33)25(29(21)32)7-5-22-19-34-31(35-20-22)36-23-6-8-26(27(18-23)40-3)39-11-9-24(10-12-39)38-15-13-37(2)14-16-38/h6,8,17-20,24H,5,7,9-16H2,1-4H3,(H,34,35,36). The number of aryl methyl sites for hydroxylation is 2. The summed E-state index contributed by atoms with van der Waals surface area (Å²) in [6.45, 7) is 8.24. The minimum Gasteiger partial charge on any atom is -0.495 e. The first kappa shape index (κ1) is 29.0. The van der Waals surface area contributed by atoms with Crippen LogP contribution in [0.4, 0.5) is 26.1 Å². The Kier molecular flexibility index (Phi) is 9.19. The number of hydrogen-bond donors (Lipinski definition) is 1. The largest absolute Gasteiger partial charge is 0.495 e. The van der Waals surface area contributed by atoms with Gasteiger partial charge in [-0.15, -0.1) is 0 Å². The summed E-state index contributed by atoms with van der Waals surface area (Å²) < 4.78 is 40.0. The van der Waals surface area contributed by atoms with Crippen LogP contribution in [-0.4, -0.2) is 86.3 Å². The second kappa shape index (κ2) is 13.0. The lowest BCUT2D eigenvalue weighted by molar-refractivity contribution is 0.0981. The molecule has 10 heteroatoms. The number of benzene rings is 2. The van der Waals surface area contributed by atoms with E-state index in [1.165, 1.54) is 13.2 Å². The van der Waals surface area contributed by atoms with Crippen LogP contribution in [0, 0.1) is 18.6 Å². The Morgan fingerprint density at radius 1 is 0.878 bits per heavy atom. The molecule has 2 fully saturated rings. The fraction of sp³-hybridized carbons (Fsp3) is 0.484. The lowest BCUT2D eigenvalue weighted by Gasteiger charge is -2.42. The molecule has 0 saturated carbocycles. The maximum atomic E-state index is 14.6. The highest BCUT2D eigenvalue weighted by atomic mass is 19.1. The zero-order valence-corrected chi connectivity index (χ0v) is 24.4. The summed E-state index contributed by atoms with van der Waals surface area (Å²) in [7, 11) is 5.27. The molecule has 2 aliphatic heterocycles. The van der Waals surface area contributed by atoms with Gasteiger partial charge in [-0.1, -0.05) is 0 Å². The molecular formula is C31H40F2N6O2. The predicted molar refractivity (Wildman–Crippen MR) is 158 cm³/mol. The summed E-state index contributed by atoms with van der Waals surface area (Å²) in [6.07, 6.45) is 6.24. The minimum atomic E-state index is -0.661. The third-order valence-corrected chi connectivity index (χ3v) is 8.32. The number of aromatic nitrogens is 2. The van der Waals surface area contributed by atoms with Crippen LogP contribution in [0.15, 0.2) is 36.7 Å². The van der Waals surface area contributed by atoms with Crippen molar-refractivity contribution in [1.29, 1.82) is 0 Å². The highest BCUT2D eigenvalue weighted by Crippen LogP contribution is 2.34. The van der Waals surface area contributed by atoms with E-state index in [0.29, 0.717) is 24.0 Å². The highest BCUT2D eigenvalue weighted by Gasteiger charge is 2.27. The SMILES string of the molecule is COc1cc(Nc2ncc(CCc3c(F)c(C)cc(OC)c3F)cn2)ccc1N1CCC(N2CCN(C)CC2)CC1. The zero-order chi connectivity index (χ0) is 28.9. The van der Waals surface area contributed by atoms with E-state index in [9.17, 15) is 8.78 Å². The Morgan fingerprint density at radius 3 is 2.22 bits per heavy atom. The van der Waals surface area contributed by atoms with Crippen molar-refractivity contribution in [3.63, 3.8) is 0 Å². The Labute approximate surface area is 241 Å². The van der Waals surface area contributed by atoms with E-state index in [1.807, 2.05) is 12.1 Å². The van der Waals surface area contributed by atoms with Gasteiger partial charge in [0.25, 0.3) is 0 Å². The summed E-state index contributed by atoms with van der Waals surface area (Å²) in [5.41, 5.74) is 3.06. The van der Waals surface area contributed by atoms with Crippen molar-refractivity contribution in [2.75, 3.05) is 70.8 Å². The highest BCUT2D eigenvalue weighted by molar-refractivity contribution is 5.67. The molecule has 0 unspecified atom stereocenters. The quantitative estimate of drug-likeness (QED) is 0.396. The molecule has 0 aliphatic carbocycles. The van der Waals surface area contributed by atoms with Crippen molar-refractivity contribution in [3.8, 4) is 11.5 Å². The van der Waals surface area contributed by atoms with Crippen LogP contribution >= 0.6 is 0 Å². The number of piperidine rings is 1. The molecule has 8 nitrogen and oxygen atoms in total. The molecule has 41 heavy (non-hydrogen) atoms. The Bertz CT molecular complexity index is 1320. The van der Waals surface area contributed by atoms with Crippen molar-refractivity contribution in [3.05, 3.63) is 65.0 Å². The predicted octanol–water partition coefficient (Wildman–Crippen LogP) is 4.83. The lowest BCUT2D eigenvalue weighted by Crippen LogP contribution is -2.52. The van der Waals surface area contributed by atoms with Crippen LogP contribution < -0.4 is 19.7 Å². The van der Waals surface area contributed by atoms with Gasteiger partial charge in [0.2, 0.25) is 5.95 Å². The van der Waals surface area contributed by atoms with Gasteiger partial charge in [-0.3, -0.25) is 4.90 Å². The van der Waals surface area contributed by atoms with Gasteiger partial charge in [0.05, 0.1) is 19.9 Å². The van der Waals surface area contributed by atoms with Crippen molar-refractivity contribution in [2.24, 2.45) is 0 Å². The molecule has 0 amide bonds. The lowest BCUT2D eigenvalue weighted by atomic mass is 10.0. The Morgan fingerprint density at radius 2 is 1.56 bits per heavy atom. The van der Waals surface area contributed by atoms with Gasteiger partial charge in [-0.25, -0.2) is 18.7 Å². The molecule has 2 aliphatic rings. The second-order valence-corrected chi connectivity index (χ2v) is 11.0. The molecule has 5 rings (SSSR count). The summed E-state index contributed by atoms with van der Waals surface area (Å²) in [5, 5.41) is 3.24. The maximum absolute atomic E-state index is 14.6. The third kappa shape index (κ3) is 6.70. The van der Waals surface area contributed by atoms with Gasteiger partial charge in [0.1, 0.15) is 11.6 Å². The molecule has 2 aromatic carbocycles. The second-order valence-electron chi connectivity index (χ2n) is 11.0. The molecule has 3 aromatic rings. The average Bonchev–Trinajstić information content (AvgIpc) is 3.00. The van der Waals surface area contributed by atoms with Crippen LogP contribution in [-0.2, 0) is 12.8 Å². The Balaban J connectivity index is 1.18. The third-order valence-electron chi connectivity index (χ3n) is 8.32. The first-order chi connectivity index (χ1) is 19.9. The number of nitrogens with one attached hydrogen (secondary N) is 1. The molecule has 1 aromatic heterocycles. The van der Waals surface area contributed by atoms with E-state index in [4.69, 9.17) is 9.47 Å². The first-order valence-electron chi connectivity index (χ1n) is 14.3. The van der Waals surface area contributed by atoms with Crippen LogP contribution in [0.3, 0.4) is 0 Å². The van der Waals surface area contributed by atoms with E-state index in [1.54, 1.807) is 26.4 Å². The number of nitrogens with zero attached hydrogens (tertiary/aromatic N) is 5. The maximum Gasteiger partial charge on any atom is 0.227 e. The van der Waals surface area contributed by atoms with Gasteiger partial charge in [-0.05, 0) is 69.0 Å². The van der Waals surface area contributed by atoms with Gasteiger partial charge in [0.15, 0.2) is 11.6 Å². The summed E-state index contributed by atoms with van der Waals surface area (Å²) in [5.74, 6) is 0.0885. The molecule has 3 heterocycles. The number of ether oxygens (including phenoxy) is 2. The number of likely N-dealkylation sites (N-methyl/N-ethyl adjacent to an activating group) is 1. The van der Waals surface area contributed by atoms with Crippen LogP contribution in [0.5, 0.6) is 11.5 Å². The zero-order valence-electron chi connectivity index (χ0n) is 24.4. The number of rotatable bonds is 9. The fourth-order valence-electron chi connectivity index (χ4n) is 5.80. The summed E-state index contributed by atoms with van der Waals surface area (Å²) in [6, 6.07) is 8.10. The molecule has 0 radical (unpaired) electrons. The van der Waals surface area contributed by atoms with Crippen LogP contribution in [0.25, 0.3) is 0 Å². The number of methoxy groups -OCH3 is 2. The van der Waals surface area contributed by atoms with Crippen molar-refractivity contribution in [1.82, 2.24) is 19.8 Å². The van der Waals surface area contributed by atoms with E-state index >= 15 is 0 Å². The van der Waals surface area contributed by atoms with Gasteiger partial charge in [0, 0.05) is 75.0 Å². The van der Waals surface area contributed by atoms with E-state index < -0.39 is 11.6 Å². The number of anilines is 3. The molecule has 2 saturated heterocycles. The molecule has 0 bridgehead atoms. The number of hydrogen-bond acceptors (Lipinski definition) is 8. The Hall–Kier alpha value is -3.50. The molecule has 0 atom stereocenters. The van der Waals surface area contributed by atoms with Crippen LogP contribution in [0.2, 0.25) is 0 Å². The number of halogens is 2. The van der Waals surface area contributed by atoms with Crippen LogP contribution in [0.1, 0.15) is 29.5 Å². The topological polar surface area (TPSA) is 66.0 Å². The molecule has 0 spiro atoms. The smallest absolute Gasteiger partial charge is 0.227 e. The summed E-state index contributed by atoms with van der Waals surface area (Å²) in [4.78, 5) is 16.3. The first-order valence-corrected chi connectivity index (χ1v) is 14.3. The van der Waals surface area contributed by atoms with Crippen molar-refractivity contribution >= 4 is 17.3 Å². The fourth-order valence-corrected chi connectivity index (χ4v) is 5.80. The van der Waals surface area contributed by atoms with E-state index in [-0.39, 0.29) is 17.7 Å². The normalized spacial score (nSPS) is 17.1. The van der Waals surface area contributed by atoms with Gasteiger partial charge >= 0.3 is 0 Å². The molecule has 220 valence electrons. The molecule has 1 N–H and O–H groups in total. The van der Waals surface area contributed by atoms with E-state index in [2.05, 4.69) is 43.1 Å². The van der Waals surface area contributed by atoms with Crippen molar-refractivity contribution < 1.29 is 18.3 Å². The summed E-state index contributed by atoms with van der Waals surface area (Å²) >= 11 is 0. The van der Waals surface area contributed by atoms with Gasteiger partial charge in [-0.2, -0.15) is 0 Å².